The third kappa shape index (κ3) is 6.21. The molecule has 1 N–H and O–H groups in total. The molecule has 0 aliphatic carbocycles. The van der Waals surface area contributed by atoms with E-state index in [1.807, 2.05) is 24.5 Å². The van der Waals surface area contributed by atoms with E-state index in [2.05, 4.69) is 37.1 Å². The smallest absolute Gasteiger partial charge is 0.293 e. The molecule has 0 radical (unpaired) electrons. The Labute approximate surface area is 204 Å². The molecule has 3 aromatic heterocycles. The van der Waals surface area contributed by atoms with E-state index in [1.54, 1.807) is 36.3 Å². The number of anilines is 1. The van der Waals surface area contributed by atoms with Crippen molar-refractivity contribution in [3.8, 4) is 17.1 Å². The first-order valence-electron chi connectivity index (χ1n) is 11.8. The van der Waals surface area contributed by atoms with Crippen molar-refractivity contribution in [2.45, 2.75) is 26.3 Å². The number of ether oxygens (including phenoxy) is 2. The van der Waals surface area contributed by atoms with Gasteiger partial charge >= 0.3 is 0 Å². The minimum absolute atomic E-state index is 0.176. The van der Waals surface area contributed by atoms with Crippen LogP contribution in [0.2, 0.25) is 0 Å². The zero-order chi connectivity index (χ0) is 24.5. The molecule has 4 heterocycles. The summed E-state index contributed by atoms with van der Waals surface area (Å²) in [6.45, 7) is 5.89. The van der Waals surface area contributed by atoms with Gasteiger partial charge in [0.15, 0.2) is 5.82 Å². The van der Waals surface area contributed by atoms with Crippen LogP contribution in [0.4, 0.5) is 5.82 Å². The summed E-state index contributed by atoms with van der Waals surface area (Å²) in [6, 6.07) is 5.54. The Bertz CT molecular complexity index is 1240. The second kappa shape index (κ2) is 12.1. The van der Waals surface area contributed by atoms with Crippen LogP contribution in [-0.2, 0) is 11.3 Å². The molecular weight excluding hydrogens is 446 g/mol. The molecule has 0 bridgehead atoms. The molecule has 10 nitrogen and oxygen atoms in total. The van der Waals surface area contributed by atoms with Gasteiger partial charge in [-0.1, -0.05) is 6.92 Å². The minimum Gasteiger partial charge on any atom is -0.481 e. The molecule has 0 spiro atoms. The molecule has 0 aromatic carbocycles. The number of fused-ring (bicyclic) bond motifs is 1. The van der Waals surface area contributed by atoms with Gasteiger partial charge < -0.3 is 24.3 Å². The number of nitrogens with zero attached hydrogens (tertiary/aromatic N) is 6. The summed E-state index contributed by atoms with van der Waals surface area (Å²) in [5, 5.41) is 3.22. The fourth-order valence-corrected chi connectivity index (χ4v) is 3.76. The van der Waals surface area contributed by atoms with Crippen LogP contribution >= 0.6 is 0 Å². The number of aromatic nitrogens is 4. The standard InChI is InChI=1S/C25H31N7O3/c1-3-13-35-14-12-32-22-15-20(19-6-7-23(34-2)29-16-19)28-17-21(22)30-24(25(32)33)27-9-5-11-31-10-4-8-26-18-31/h4,6-8,15-18H,3,5,9-14H2,1-2H3,(H,27,30). The predicted molar refractivity (Wildman–Crippen MR) is 137 cm³/mol. The molecule has 0 saturated carbocycles. The second-order valence-corrected chi connectivity index (χ2v) is 8.10. The largest absolute Gasteiger partial charge is 0.481 e. The Morgan fingerprint density at radius 2 is 2.06 bits per heavy atom. The highest BCUT2D eigenvalue weighted by Gasteiger charge is 2.13. The molecule has 1 aliphatic rings. The molecule has 0 amide bonds. The molecule has 35 heavy (non-hydrogen) atoms. The number of aliphatic imine (C=N–C) groups is 1. The lowest BCUT2D eigenvalue weighted by molar-refractivity contribution is 0.127. The molecule has 0 fully saturated rings. The van der Waals surface area contributed by atoms with E-state index in [9.17, 15) is 4.79 Å². The van der Waals surface area contributed by atoms with Crippen molar-refractivity contribution in [3.63, 3.8) is 0 Å². The summed E-state index contributed by atoms with van der Waals surface area (Å²) >= 11 is 0. The topological polar surface area (TPSA) is 107 Å². The molecule has 3 aromatic rings. The number of hydrogen-bond donors (Lipinski definition) is 1. The third-order valence-corrected chi connectivity index (χ3v) is 5.56. The fraction of sp³-hybridized carbons (Fsp3) is 0.400. The number of hydrogen-bond acceptors (Lipinski definition) is 9. The minimum atomic E-state index is -0.176. The summed E-state index contributed by atoms with van der Waals surface area (Å²) in [5.41, 5.74) is 2.70. The quantitative estimate of drug-likeness (QED) is 0.397. The maximum atomic E-state index is 13.4. The monoisotopic (exact) mass is 477 g/mol. The number of pyridine rings is 2. The van der Waals surface area contributed by atoms with Gasteiger partial charge in [0.2, 0.25) is 5.88 Å². The lowest BCUT2D eigenvalue weighted by atomic mass is 10.2. The van der Waals surface area contributed by atoms with Gasteiger partial charge in [0, 0.05) is 56.8 Å². The van der Waals surface area contributed by atoms with Gasteiger partial charge in [-0.2, -0.15) is 0 Å². The van der Waals surface area contributed by atoms with Crippen molar-refractivity contribution in [3.05, 3.63) is 53.2 Å². The predicted octanol–water partition coefficient (Wildman–Crippen LogP) is 2.95. The summed E-state index contributed by atoms with van der Waals surface area (Å²) in [6.07, 6.45) is 10.8. The van der Waals surface area contributed by atoms with E-state index in [1.165, 1.54) is 0 Å². The van der Waals surface area contributed by atoms with Crippen LogP contribution in [0.3, 0.4) is 0 Å². The van der Waals surface area contributed by atoms with Gasteiger partial charge in [0.05, 0.1) is 37.5 Å². The van der Waals surface area contributed by atoms with Gasteiger partial charge in [-0.3, -0.25) is 9.78 Å². The highest BCUT2D eigenvalue weighted by Crippen LogP contribution is 2.22. The SMILES string of the molecule is CCCOCCn1c(=O)c(NCCCN2C=NC=CC2)nc2cnc(-c3ccc(OC)nc3)cc21. The molecule has 4 rings (SSSR count). The van der Waals surface area contributed by atoms with Crippen molar-refractivity contribution < 1.29 is 9.47 Å². The van der Waals surface area contributed by atoms with Crippen LogP contribution in [0.1, 0.15) is 19.8 Å². The molecule has 0 unspecified atom stereocenters. The van der Waals surface area contributed by atoms with Gasteiger partial charge in [-0.25, -0.2) is 15.0 Å². The Hall–Kier alpha value is -3.79. The highest BCUT2D eigenvalue weighted by molar-refractivity contribution is 5.80. The van der Waals surface area contributed by atoms with Crippen molar-refractivity contribution in [1.82, 2.24) is 24.4 Å². The number of methoxy groups -OCH3 is 1. The number of rotatable bonds is 12. The second-order valence-electron chi connectivity index (χ2n) is 8.10. The molecule has 1 aliphatic heterocycles. The average molecular weight is 478 g/mol. The first kappa shape index (κ1) is 24.3. The van der Waals surface area contributed by atoms with Crippen molar-refractivity contribution in [2.24, 2.45) is 4.99 Å². The maximum Gasteiger partial charge on any atom is 0.293 e. The van der Waals surface area contributed by atoms with Crippen molar-refractivity contribution in [1.29, 1.82) is 0 Å². The molecule has 0 saturated heterocycles. The molecule has 10 heteroatoms. The maximum absolute atomic E-state index is 13.4. The van der Waals surface area contributed by atoms with E-state index in [0.717, 1.165) is 31.5 Å². The first-order valence-corrected chi connectivity index (χ1v) is 11.8. The van der Waals surface area contributed by atoms with Crippen LogP contribution in [0.25, 0.3) is 22.3 Å². The van der Waals surface area contributed by atoms with E-state index in [-0.39, 0.29) is 5.56 Å². The summed E-state index contributed by atoms with van der Waals surface area (Å²) < 4.78 is 12.5. The summed E-state index contributed by atoms with van der Waals surface area (Å²) in [5.74, 6) is 0.849. The third-order valence-electron chi connectivity index (χ3n) is 5.56. The van der Waals surface area contributed by atoms with Crippen LogP contribution < -0.4 is 15.6 Å². The fourth-order valence-electron chi connectivity index (χ4n) is 3.76. The van der Waals surface area contributed by atoms with E-state index >= 15 is 0 Å². The number of nitrogens with one attached hydrogen (secondary N) is 1. The summed E-state index contributed by atoms with van der Waals surface area (Å²) in [4.78, 5) is 33.0. The van der Waals surface area contributed by atoms with Gasteiger partial charge in [-0.15, -0.1) is 0 Å². The zero-order valence-corrected chi connectivity index (χ0v) is 20.2. The van der Waals surface area contributed by atoms with Crippen LogP contribution in [0.15, 0.2) is 52.7 Å². The van der Waals surface area contributed by atoms with E-state index < -0.39 is 0 Å². The molecule has 184 valence electrons. The van der Waals surface area contributed by atoms with Crippen LogP contribution in [-0.4, -0.2) is 70.7 Å². The van der Waals surface area contributed by atoms with Gasteiger partial charge in [0.1, 0.15) is 5.52 Å². The van der Waals surface area contributed by atoms with Crippen molar-refractivity contribution >= 4 is 23.2 Å². The average Bonchev–Trinajstić information content (AvgIpc) is 2.91. The van der Waals surface area contributed by atoms with Gasteiger partial charge in [0.25, 0.3) is 5.56 Å². The zero-order valence-electron chi connectivity index (χ0n) is 20.2. The molecule has 0 atom stereocenters. The van der Waals surface area contributed by atoms with Crippen molar-refractivity contribution in [2.75, 3.05) is 45.3 Å². The lowest BCUT2D eigenvalue weighted by Crippen LogP contribution is -2.29. The lowest BCUT2D eigenvalue weighted by Gasteiger charge is -2.19. The first-order chi connectivity index (χ1) is 17.2. The van der Waals surface area contributed by atoms with Crippen LogP contribution in [0.5, 0.6) is 5.88 Å². The Balaban J connectivity index is 1.57. The Kier molecular flexibility index (Phi) is 8.39. The van der Waals surface area contributed by atoms with E-state index in [0.29, 0.717) is 54.7 Å². The normalized spacial score (nSPS) is 12.9. The highest BCUT2D eigenvalue weighted by atomic mass is 16.5. The van der Waals surface area contributed by atoms with E-state index in [4.69, 9.17) is 9.47 Å². The summed E-state index contributed by atoms with van der Waals surface area (Å²) in [7, 11) is 1.58. The Morgan fingerprint density at radius 1 is 1.14 bits per heavy atom. The molecular formula is C25H31N7O3. The van der Waals surface area contributed by atoms with Crippen LogP contribution in [0, 0.1) is 0 Å². The Morgan fingerprint density at radius 3 is 2.80 bits per heavy atom. The van der Waals surface area contributed by atoms with Gasteiger partial charge in [-0.05, 0) is 31.1 Å².